The lowest BCUT2D eigenvalue weighted by atomic mass is 9.89. The van der Waals surface area contributed by atoms with Crippen LogP contribution < -0.4 is 5.32 Å². The molecule has 0 aromatic heterocycles. The number of allylic oxidation sites excluding steroid dienone is 1. The van der Waals surface area contributed by atoms with Gasteiger partial charge in [-0.2, -0.15) is 0 Å². The Balaban J connectivity index is 1.86. The average molecular weight is 289 g/mol. The topological polar surface area (TPSA) is 64.6 Å². The molecule has 0 radical (unpaired) electrons. The third-order valence-electron chi connectivity index (χ3n) is 3.45. The van der Waals surface area contributed by atoms with Crippen LogP contribution >= 0.6 is 0 Å². The lowest BCUT2D eigenvalue weighted by molar-refractivity contribution is -0.146. The van der Waals surface area contributed by atoms with E-state index in [1.54, 1.807) is 0 Å². The molecule has 5 nitrogen and oxygen atoms in total. The highest BCUT2D eigenvalue weighted by Crippen LogP contribution is 2.20. The first kappa shape index (κ1) is 15.1. The minimum atomic E-state index is -0.520. The van der Waals surface area contributed by atoms with Gasteiger partial charge < -0.3 is 14.8 Å². The maximum absolute atomic E-state index is 11.8. The standard InChI is InChI=1S/C16H19NO4/c1-20-15(18)13-9-5-6-10-14(13)17-16(19)21-11-12-7-3-2-4-8-12/h2-8,13-14H,9-11H2,1H3,(H,17,19)/t13-,14-/m0/s1. The van der Waals surface area contributed by atoms with Crippen molar-refractivity contribution in [1.82, 2.24) is 5.32 Å². The average Bonchev–Trinajstić information content (AvgIpc) is 2.54. The molecule has 5 heteroatoms. The predicted octanol–water partition coefficient (Wildman–Crippen LogP) is 2.42. The van der Waals surface area contributed by atoms with E-state index in [0.717, 1.165) is 5.56 Å². The van der Waals surface area contributed by atoms with Gasteiger partial charge in [0.25, 0.3) is 0 Å². The molecule has 2 atom stereocenters. The van der Waals surface area contributed by atoms with Crippen molar-refractivity contribution < 1.29 is 19.1 Å². The Kier molecular flexibility index (Phi) is 5.37. The van der Waals surface area contributed by atoms with Crippen molar-refractivity contribution in [1.29, 1.82) is 0 Å². The molecule has 1 aromatic carbocycles. The molecule has 0 fully saturated rings. The normalized spacial score (nSPS) is 20.6. The van der Waals surface area contributed by atoms with Gasteiger partial charge >= 0.3 is 12.1 Å². The van der Waals surface area contributed by atoms with Crippen LogP contribution in [0.3, 0.4) is 0 Å². The molecular formula is C16H19NO4. The van der Waals surface area contributed by atoms with E-state index >= 15 is 0 Å². The van der Waals surface area contributed by atoms with Crippen LogP contribution in [0.15, 0.2) is 42.5 Å². The molecule has 1 aromatic rings. The highest BCUT2D eigenvalue weighted by Gasteiger charge is 2.31. The number of ether oxygens (including phenoxy) is 2. The molecular weight excluding hydrogens is 270 g/mol. The summed E-state index contributed by atoms with van der Waals surface area (Å²) in [6.45, 7) is 0.206. The Morgan fingerprint density at radius 2 is 1.90 bits per heavy atom. The van der Waals surface area contributed by atoms with Gasteiger partial charge in [0.15, 0.2) is 0 Å². The lowest BCUT2D eigenvalue weighted by Gasteiger charge is -2.26. The highest BCUT2D eigenvalue weighted by molar-refractivity contribution is 5.75. The molecule has 0 saturated carbocycles. The van der Waals surface area contributed by atoms with Crippen molar-refractivity contribution in [3.05, 3.63) is 48.0 Å². The SMILES string of the molecule is COC(=O)[C@H]1CC=CC[C@@H]1NC(=O)OCc1ccccc1. The minimum absolute atomic E-state index is 0.206. The summed E-state index contributed by atoms with van der Waals surface area (Å²) < 4.78 is 9.93. The van der Waals surface area contributed by atoms with Crippen molar-refractivity contribution >= 4 is 12.1 Å². The quantitative estimate of drug-likeness (QED) is 0.683. The Labute approximate surface area is 123 Å². The summed E-state index contributed by atoms with van der Waals surface area (Å²) in [6.07, 6.45) is 4.51. The van der Waals surface area contributed by atoms with E-state index in [0.29, 0.717) is 12.8 Å². The van der Waals surface area contributed by atoms with E-state index < -0.39 is 6.09 Å². The van der Waals surface area contributed by atoms with Crippen LogP contribution in [0.5, 0.6) is 0 Å². The van der Waals surface area contributed by atoms with Gasteiger partial charge in [-0.05, 0) is 18.4 Å². The number of alkyl carbamates (subject to hydrolysis) is 1. The van der Waals surface area contributed by atoms with Gasteiger partial charge in [0.05, 0.1) is 13.0 Å². The number of amides is 1. The summed E-state index contributed by atoms with van der Waals surface area (Å²) in [5.74, 6) is -0.669. The van der Waals surface area contributed by atoms with Crippen LogP contribution in [0.25, 0.3) is 0 Å². The monoisotopic (exact) mass is 289 g/mol. The van der Waals surface area contributed by atoms with Crippen LogP contribution in [0.1, 0.15) is 18.4 Å². The highest BCUT2D eigenvalue weighted by atomic mass is 16.5. The molecule has 1 amide bonds. The molecule has 2 rings (SSSR count). The number of rotatable bonds is 4. The summed E-state index contributed by atoms with van der Waals surface area (Å²) in [7, 11) is 1.35. The summed E-state index contributed by atoms with van der Waals surface area (Å²) >= 11 is 0. The third-order valence-corrected chi connectivity index (χ3v) is 3.45. The molecule has 1 N–H and O–H groups in total. The van der Waals surface area contributed by atoms with Crippen molar-refractivity contribution in [3.8, 4) is 0 Å². The zero-order chi connectivity index (χ0) is 15.1. The van der Waals surface area contributed by atoms with Crippen molar-refractivity contribution in [3.63, 3.8) is 0 Å². The van der Waals surface area contributed by atoms with E-state index in [2.05, 4.69) is 5.32 Å². The number of methoxy groups -OCH3 is 1. The van der Waals surface area contributed by atoms with Crippen LogP contribution in [-0.2, 0) is 20.9 Å². The van der Waals surface area contributed by atoms with Crippen molar-refractivity contribution in [2.75, 3.05) is 7.11 Å². The number of nitrogens with one attached hydrogen (secondary N) is 1. The molecule has 112 valence electrons. The first-order valence-electron chi connectivity index (χ1n) is 6.90. The zero-order valence-corrected chi connectivity index (χ0v) is 12.0. The molecule has 21 heavy (non-hydrogen) atoms. The molecule has 0 saturated heterocycles. The van der Waals surface area contributed by atoms with E-state index in [4.69, 9.17) is 9.47 Å². The number of hydrogen-bond donors (Lipinski definition) is 1. The van der Waals surface area contributed by atoms with Crippen LogP contribution in [0.2, 0.25) is 0 Å². The van der Waals surface area contributed by atoms with Crippen LogP contribution in [0.4, 0.5) is 4.79 Å². The second kappa shape index (κ2) is 7.47. The van der Waals surface area contributed by atoms with E-state index in [1.165, 1.54) is 7.11 Å². The zero-order valence-electron chi connectivity index (χ0n) is 12.0. The van der Waals surface area contributed by atoms with Gasteiger partial charge in [-0.1, -0.05) is 42.5 Å². The fourth-order valence-electron chi connectivity index (χ4n) is 2.30. The number of carbonyl (C=O) groups excluding carboxylic acids is 2. The number of hydrogen-bond acceptors (Lipinski definition) is 4. The van der Waals surface area contributed by atoms with Gasteiger partial charge in [-0.15, -0.1) is 0 Å². The smallest absolute Gasteiger partial charge is 0.407 e. The first-order chi connectivity index (χ1) is 10.2. The Hall–Kier alpha value is -2.30. The van der Waals surface area contributed by atoms with Gasteiger partial charge in [-0.25, -0.2) is 4.79 Å². The lowest BCUT2D eigenvalue weighted by Crippen LogP contribution is -2.44. The molecule has 0 bridgehead atoms. The third kappa shape index (κ3) is 4.34. The largest absolute Gasteiger partial charge is 0.469 e. The Bertz CT molecular complexity index is 512. The fraction of sp³-hybridized carbons (Fsp3) is 0.375. The fourth-order valence-corrected chi connectivity index (χ4v) is 2.30. The van der Waals surface area contributed by atoms with Gasteiger partial charge in [0, 0.05) is 6.04 Å². The number of esters is 1. The Morgan fingerprint density at radius 3 is 2.62 bits per heavy atom. The van der Waals surface area contributed by atoms with E-state index in [1.807, 2.05) is 42.5 Å². The minimum Gasteiger partial charge on any atom is -0.469 e. The maximum atomic E-state index is 11.8. The first-order valence-corrected chi connectivity index (χ1v) is 6.90. The summed E-state index contributed by atoms with van der Waals surface area (Å²) in [5, 5.41) is 2.74. The summed E-state index contributed by atoms with van der Waals surface area (Å²) in [4.78, 5) is 23.5. The number of benzene rings is 1. The summed E-state index contributed by atoms with van der Waals surface area (Å²) in [6, 6.07) is 9.15. The molecule has 1 aliphatic rings. The Morgan fingerprint density at radius 1 is 1.19 bits per heavy atom. The van der Waals surface area contributed by atoms with Crippen LogP contribution in [-0.4, -0.2) is 25.2 Å². The second-order valence-electron chi connectivity index (χ2n) is 4.89. The van der Waals surface area contributed by atoms with Crippen molar-refractivity contribution in [2.24, 2.45) is 5.92 Å². The van der Waals surface area contributed by atoms with Crippen LogP contribution in [0, 0.1) is 5.92 Å². The molecule has 0 spiro atoms. The van der Waals surface area contributed by atoms with Gasteiger partial charge in [0.2, 0.25) is 0 Å². The maximum Gasteiger partial charge on any atom is 0.407 e. The van der Waals surface area contributed by atoms with Gasteiger partial charge in [0.1, 0.15) is 6.61 Å². The molecule has 0 heterocycles. The van der Waals surface area contributed by atoms with E-state index in [-0.39, 0.29) is 24.5 Å². The molecule has 1 aliphatic carbocycles. The second-order valence-corrected chi connectivity index (χ2v) is 4.89. The molecule has 0 aliphatic heterocycles. The number of carbonyl (C=O) groups is 2. The predicted molar refractivity (Wildman–Crippen MR) is 77.4 cm³/mol. The summed E-state index contributed by atoms with van der Waals surface area (Å²) in [5.41, 5.74) is 0.917. The van der Waals surface area contributed by atoms with E-state index in [9.17, 15) is 9.59 Å². The van der Waals surface area contributed by atoms with Gasteiger partial charge in [-0.3, -0.25) is 4.79 Å². The van der Waals surface area contributed by atoms with Crippen molar-refractivity contribution in [2.45, 2.75) is 25.5 Å². The molecule has 0 unspecified atom stereocenters.